The Bertz CT molecular complexity index is 1050. The summed E-state index contributed by atoms with van der Waals surface area (Å²) in [5.74, 6) is -0.362. The number of aromatic nitrogens is 4. The van der Waals surface area contributed by atoms with Crippen LogP contribution < -0.4 is 0 Å². The van der Waals surface area contributed by atoms with Gasteiger partial charge in [0.25, 0.3) is 5.91 Å². The van der Waals surface area contributed by atoms with E-state index in [0.717, 1.165) is 17.0 Å². The van der Waals surface area contributed by atoms with Gasteiger partial charge in [-0.3, -0.25) is 9.78 Å². The molecule has 0 radical (unpaired) electrons. The van der Waals surface area contributed by atoms with E-state index in [1.807, 2.05) is 0 Å². The smallest absolute Gasteiger partial charge is 0.330 e. The lowest BCUT2D eigenvalue weighted by Crippen LogP contribution is -2.30. The van der Waals surface area contributed by atoms with Gasteiger partial charge in [-0.2, -0.15) is 18.3 Å². The second kappa shape index (κ2) is 7.13. The maximum atomic E-state index is 13.6. The van der Waals surface area contributed by atoms with Crippen LogP contribution >= 0.6 is 0 Å². The number of nitrogens with zero attached hydrogens (tertiary/aromatic N) is 5. The molecule has 0 spiro atoms. The lowest BCUT2D eigenvalue weighted by Gasteiger charge is -2.23. The van der Waals surface area contributed by atoms with Crippen molar-refractivity contribution in [2.24, 2.45) is 0 Å². The Morgan fingerprint density at radius 1 is 1.28 bits per heavy atom. The van der Waals surface area contributed by atoms with Crippen LogP contribution in [0.1, 0.15) is 66.1 Å². The van der Waals surface area contributed by atoms with Gasteiger partial charge >= 0.3 is 6.18 Å². The highest BCUT2D eigenvalue weighted by Crippen LogP contribution is 2.35. The maximum Gasteiger partial charge on any atom is 0.433 e. The summed E-state index contributed by atoms with van der Waals surface area (Å²) in [4.78, 5) is 22.8. The summed E-state index contributed by atoms with van der Waals surface area (Å²) >= 11 is 0. The second-order valence-electron chi connectivity index (χ2n) is 7.46. The Kier molecular flexibility index (Phi) is 4.76. The van der Waals surface area contributed by atoms with Gasteiger partial charge in [-0.1, -0.05) is 13.8 Å². The summed E-state index contributed by atoms with van der Waals surface area (Å²) in [6.45, 7) is 4.10. The Morgan fingerprint density at radius 2 is 2.07 bits per heavy atom. The first-order valence-corrected chi connectivity index (χ1v) is 9.44. The number of alkyl halides is 3. The van der Waals surface area contributed by atoms with E-state index < -0.39 is 17.9 Å². The first-order valence-electron chi connectivity index (χ1n) is 9.44. The molecule has 4 heterocycles. The van der Waals surface area contributed by atoms with Crippen molar-refractivity contribution in [1.82, 2.24) is 24.5 Å². The molecular formula is C20H20F3N5O. The van der Waals surface area contributed by atoms with Crippen LogP contribution in [-0.4, -0.2) is 36.9 Å². The lowest BCUT2D eigenvalue weighted by atomic mass is 10.1. The fourth-order valence-electron chi connectivity index (χ4n) is 3.64. The Hall–Kier alpha value is -2.97. The van der Waals surface area contributed by atoms with Gasteiger partial charge in [0.1, 0.15) is 5.69 Å². The van der Waals surface area contributed by atoms with Gasteiger partial charge in [-0.15, -0.1) is 0 Å². The number of rotatable bonds is 3. The molecule has 6 nitrogen and oxygen atoms in total. The van der Waals surface area contributed by atoms with E-state index in [1.54, 1.807) is 43.1 Å². The summed E-state index contributed by atoms with van der Waals surface area (Å²) in [5.41, 5.74) is 0.490. The zero-order valence-corrected chi connectivity index (χ0v) is 16.0. The van der Waals surface area contributed by atoms with E-state index in [9.17, 15) is 18.0 Å². The van der Waals surface area contributed by atoms with E-state index in [1.165, 1.54) is 6.20 Å². The molecule has 0 bridgehead atoms. The first-order chi connectivity index (χ1) is 13.8. The van der Waals surface area contributed by atoms with Crippen molar-refractivity contribution in [2.75, 3.05) is 6.54 Å². The van der Waals surface area contributed by atoms with Crippen LogP contribution in [-0.2, 0) is 6.18 Å². The topological polar surface area (TPSA) is 63.4 Å². The molecule has 152 valence electrons. The minimum atomic E-state index is -4.56. The normalized spacial score (nSPS) is 17.4. The molecule has 4 rings (SSSR count). The van der Waals surface area contributed by atoms with E-state index in [0.29, 0.717) is 29.9 Å². The summed E-state index contributed by atoms with van der Waals surface area (Å²) < 4.78 is 41.7. The average molecular weight is 403 g/mol. The fraction of sp³-hybridized carbons (Fsp3) is 0.400. The Morgan fingerprint density at radius 3 is 2.72 bits per heavy atom. The highest BCUT2D eigenvalue weighted by Gasteiger charge is 2.37. The first kappa shape index (κ1) is 19.4. The number of carbonyl (C=O) groups excluding carboxylic acids is 1. The number of fused-ring (bicyclic) bond motifs is 1. The van der Waals surface area contributed by atoms with Crippen LogP contribution in [0.15, 0.2) is 36.7 Å². The molecule has 0 aromatic carbocycles. The second-order valence-corrected chi connectivity index (χ2v) is 7.46. The van der Waals surface area contributed by atoms with E-state index in [-0.39, 0.29) is 17.5 Å². The molecule has 0 aliphatic carbocycles. The highest BCUT2D eigenvalue weighted by atomic mass is 19.4. The lowest BCUT2D eigenvalue weighted by molar-refractivity contribution is -0.142. The SMILES string of the molecule is CC(C)c1cc(C(F)(F)F)n2nc([C@H]3CCCN3C(=O)c3cccnc3)cc2n1. The fourth-order valence-corrected chi connectivity index (χ4v) is 3.64. The molecule has 1 fully saturated rings. The van der Waals surface area contributed by atoms with Crippen LogP contribution in [0.3, 0.4) is 0 Å². The molecule has 0 saturated carbocycles. The number of carbonyl (C=O) groups is 1. The van der Waals surface area contributed by atoms with Crippen molar-refractivity contribution in [2.45, 2.75) is 44.8 Å². The third-order valence-electron chi connectivity index (χ3n) is 5.11. The van der Waals surface area contributed by atoms with Crippen LogP contribution in [0.25, 0.3) is 5.65 Å². The van der Waals surface area contributed by atoms with Crippen LogP contribution in [0.2, 0.25) is 0 Å². The van der Waals surface area contributed by atoms with Gasteiger partial charge in [-0.25, -0.2) is 9.50 Å². The van der Waals surface area contributed by atoms with E-state index in [4.69, 9.17) is 0 Å². The van der Waals surface area contributed by atoms with Gasteiger partial charge < -0.3 is 4.90 Å². The number of hydrogen-bond acceptors (Lipinski definition) is 4. The van der Waals surface area contributed by atoms with Crippen molar-refractivity contribution in [1.29, 1.82) is 0 Å². The van der Waals surface area contributed by atoms with E-state index in [2.05, 4.69) is 15.1 Å². The summed E-state index contributed by atoms with van der Waals surface area (Å²) in [5, 5.41) is 4.21. The molecule has 1 amide bonds. The molecular weight excluding hydrogens is 383 g/mol. The zero-order valence-electron chi connectivity index (χ0n) is 16.0. The van der Waals surface area contributed by atoms with Gasteiger partial charge in [0.05, 0.1) is 17.3 Å². The van der Waals surface area contributed by atoms with Crippen molar-refractivity contribution in [3.8, 4) is 0 Å². The molecule has 3 aromatic heterocycles. The minimum Gasteiger partial charge on any atom is -0.330 e. The molecule has 0 N–H and O–H groups in total. The minimum absolute atomic E-state index is 0.138. The van der Waals surface area contributed by atoms with Crippen molar-refractivity contribution >= 4 is 11.6 Å². The zero-order chi connectivity index (χ0) is 20.8. The van der Waals surface area contributed by atoms with Crippen molar-refractivity contribution < 1.29 is 18.0 Å². The van der Waals surface area contributed by atoms with Gasteiger partial charge in [0, 0.05) is 30.7 Å². The largest absolute Gasteiger partial charge is 0.433 e. The summed E-state index contributed by atoms with van der Waals surface area (Å²) in [6, 6.07) is 5.55. The van der Waals surface area contributed by atoms with Gasteiger partial charge in [-0.05, 0) is 37.0 Å². The number of amides is 1. The number of likely N-dealkylation sites (tertiary alicyclic amines) is 1. The Labute approximate surface area is 165 Å². The number of halogens is 3. The molecule has 29 heavy (non-hydrogen) atoms. The third-order valence-corrected chi connectivity index (χ3v) is 5.11. The predicted octanol–water partition coefficient (Wildman–Crippen LogP) is 4.24. The molecule has 3 aromatic rings. The molecule has 9 heteroatoms. The monoisotopic (exact) mass is 403 g/mol. The number of pyridine rings is 1. The summed E-state index contributed by atoms with van der Waals surface area (Å²) in [6.07, 6.45) is -0.110. The highest BCUT2D eigenvalue weighted by molar-refractivity contribution is 5.94. The molecule has 1 atom stereocenters. The van der Waals surface area contributed by atoms with Crippen molar-refractivity contribution in [3.05, 3.63) is 59.3 Å². The average Bonchev–Trinajstić information content (AvgIpc) is 3.32. The third kappa shape index (κ3) is 3.56. The standard InChI is InChI=1S/C20H20F3N5O/c1-12(2)14-9-17(20(21,22)23)28-18(25-14)10-15(26-28)16-6-4-8-27(16)19(29)13-5-3-7-24-11-13/h3,5,7,9-12,16H,4,6,8H2,1-2H3/t16-/m1/s1. The van der Waals surface area contributed by atoms with E-state index >= 15 is 0 Å². The molecule has 0 unspecified atom stereocenters. The van der Waals surface area contributed by atoms with Gasteiger partial charge in [0.2, 0.25) is 0 Å². The van der Waals surface area contributed by atoms with Gasteiger partial charge in [0.15, 0.2) is 5.65 Å². The van der Waals surface area contributed by atoms with Crippen molar-refractivity contribution in [3.63, 3.8) is 0 Å². The number of hydrogen-bond donors (Lipinski definition) is 0. The molecule has 1 aliphatic heterocycles. The molecule has 1 aliphatic rings. The molecule has 1 saturated heterocycles. The van der Waals surface area contributed by atoms with Crippen LogP contribution in [0.4, 0.5) is 13.2 Å². The Balaban J connectivity index is 1.76. The maximum absolute atomic E-state index is 13.6. The quantitative estimate of drug-likeness (QED) is 0.656. The summed E-state index contributed by atoms with van der Waals surface area (Å²) in [7, 11) is 0. The predicted molar refractivity (Wildman–Crippen MR) is 99.3 cm³/mol. The van der Waals surface area contributed by atoms with Crippen LogP contribution in [0, 0.1) is 0 Å². The van der Waals surface area contributed by atoms with Crippen LogP contribution in [0.5, 0.6) is 0 Å².